The van der Waals surface area contributed by atoms with Crippen molar-refractivity contribution in [2.24, 2.45) is 5.41 Å². The number of halogens is 3. The molecule has 7 heteroatoms. The molecule has 0 spiro atoms. The monoisotopic (exact) mass is 423 g/mol. The highest BCUT2D eigenvalue weighted by molar-refractivity contribution is 6.33. The summed E-state index contributed by atoms with van der Waals surface area (Å²) >= 11 is 6.20. The van der Waals surface area contributed by atoms with Crippen LogP contribution in [0.1, 0.15) is 12.8 Å². The molecule has 2 aromatic rings. The van der Waals surface area contributed by atoms with Crippen LogP contribution < -0.4 is 10.6 Å². The van der Waals surface area contributed by atoms with E-state index in [1.807, 2.05) is 20.2 Å². The number of piperidine rings is 1. The molecule has 2 aliphatic rings. The molecule has 2 fully saturated rings. The van der Waals surface area contributed by atoms with Gasteiger partial charge in [0.05, 0.1) is 11.7 Å². The summed E-state index contributed by atoms with van der Waals surface area (Å²) in [4.78, 5) is 14.9. The third-order valence-corrected chi connectivity index (χ3v) is 5.90. The molecule has 2 N–H and O–H groups in total. The summed E-state index contributed by atoms with van der Waals surface area (Å²) < 4.78 is 15.0. The number of carbonyl (C=O) groups is 1. The van der Waals surface area contributed by atoms with Crippen molar-refractivity contribution in [3.63, 3.8) is 0 Å². The summed E-state index contributed by atoms with van der Waals surface area (Å²) in [6.07, 6.45) is 1.89. The van der Waals surface area contributed by atoms with Gasteiger partial charge in [-0.05, 0) is 39.1 Å². The van der Waals surface area contributed by atoms with Crippen molar-refractivity contribution < 1.29 is 9.18 Å². The second-order valence-corrected chi connectivity index (χ2v) is 8.32. The fourth-order valence-electron chi connectivity index (χ4n) is 4.29. The zero-order valence-electron chi connectivity index (χ0n) is 15.8. The summed E-state index contributed by atoms with van der Waals surface area (Å²) in [5.74, 6) is -0.652. The number of fused-ring (bicyclic) bond motifs is 1. The molecular formula is C21H24Cl2FN3O. The molecule has 1 heterocycles. The SMILES string of the molecule is CN(C)CC12CC1N[C@H](C(=O)Nc1cccc(-c3ccccc3Cl)c1F)C2.Cl. The van der Waals surface area contributed by atoms with Crippen LogP contribution in [0.5, 0.6) is 0 Å². The van der Waals surface area contributed by atoms with Gasteiger partial charge in [-0.3, -0.25) is 4.79 Å². The highest BCUT2D eigenvalue weighted by atomic mass is 35.5. The summed E-state index contributed by atoms with van der Waals surface area (Å²) in [5.41, 5.74) is 1.35. The van der Waals surface area contributed by atoms with Crippen LogP contribution in [0.3, 0.4) is 0 Å². The maximum Gasteiger partial charge on any atom is 0.241 e. The summed E-state index contributed by atoms with van der Waals surface area (Å²) in [6.45, 7) is 0.963. The van der Waals surface area contributed by atoms with Crippen molar-refractivity contribution in [2.45, 2.75) is 24.9 Å². The average molecular weight is 424 g/mol. The Hall–Kier alpha value is -1.66. The van der Waals surface area contributed by atoms with Crippen molar-refractivity contribution in [2.75, 3.05) is 26.0 Å². The van der Waals surface area contributed by atoms with Crippen molar-refractivity contribution in [1.29, 1.82) is 0 Å². The van der Waals surface area contributed by atoms with Crippen LogP contribution >= 0.6 is 24.0 Å². The number of hydrogen-bond donors (Lipinski definition) is 2. The van der Waals surface area contributed by atoms with Crippen LogP contribution in [0, 0.1) is 11.2 Å². The van der Waals surface area contributed by atoms with Gasteiger partial charge in [0, 0.05) is 34.2 Å². The van der Waals surface area contributed by atoms with Crippen LogP contribution in [0.2, 0.25) is 5.02 Å². The van der Waals surface area contributed by atoms with Gasteiger partial charge >= 0.3 is 0 Å². The normalized spacial score (nSPS) is 25.2. The first-order valence-electron chi connectivity index (χ1n) is 9.15. The maximum atomic E-state index is 15.0. The molecule has 1 saturated heterocycles. The molecule has 2 unspecified atom stereocenters. The Kier molecular flexibility index (Phi) is 6.01. The van der Waals surface area contributed by atoms with Crippen molar-refractivity contribution >= 4 is 35.6 Å². The first-order chi connectivity index (χ1) is 12.9. The van der Waals surface area contributed by atoms with E-state index in [2.05, 4.69) is 15.5 Å². The molecule has 0 bridgehead atoms. The van der Waals surface area contributed by atoms with E-state index < -0.39 is 5.82 Å². The van der Waals surface area contributed by atoms with Gasteiger partial charge in [0.1, 0.15) is 0 Å². The van der Waals surface area contributed by atoms with E-state index in [9.17, 15) is 4.79 Å². The van der Waals surface area contributed by atoms with Gasteiger partial charge in [0.2, 0.25) is 5.91 Å². The molecule has 150 valence electrons. The number of carbonyl (C=O) groups excluding carboxylic acids is 1. The highest BCUT2D eigenvalue weighted by Gasteiger charge is 2.61. The van der Waals surface area contributed by atoms with Gasteiger partial charge in [-0.25, -0.2) is 4.39 Å². The Morgan fingerprint density at radius 3 is 2.64 bits per heavy atom. The lowest BCUT2D eigenvalue weighted by Crippen LogP contribution is -2.38. The first kappa shape index (κ1) is 21.1. The van der Waals surface area contributed by atoms with Crippen LogP contribution in [0.15, 0.2) is 42.5 Å². The largest absolute Gasteiger partial charge is 0.322 e. The Morgan fingerprint density at radius 2 is 1.93 bits per heavy atom. The minimum atomic E-state index is -0.467. The number of rotatable bonds is 5. The van der Waals surface area contributed by atoms with Gasteiger partial charge in [-0.15, -0.1) is 12.4 Å². The molecule has 0 radical (unpaired) electrons. The van der Waals surface area contributed by atoms with Gasteiger partial charge in [0.15, 0.2) is 5.82 Å². The smallest absolute Gasteiger partial charge is 0.241 e. The quantitative estimate of drug-likeness (QED) is 0.757. The van der Waals surface area contributed by atoms with E-state index in [0.717, 1.165) is 19.4 Å². The zero-order valence-corrected chi connectivity index (χ0v) is 17.4. The summed E-state index contributed by atoms with van der Waals surface area (Å²) in [7, 11) is 4.10. The standard InChI is InChI=1S/C21H23ClFN3O.ClH/c1-26(2)12-21-10-17(24-18(21)11-21)20(27)25-16-9-5-7-14(19(16)23)13-6-3-4-8-15(13)22;/h3-9,17-18,24H,10-12H2,1-2H3,(H,25,27);1H/t17-,18?,21?;/m0./s1. The Bertz CT molecular complexity index is 892. The lowest BCUT2D eigenvalue weighted by Gasteiger charge is -2.19. The van der Waals surface area contributed by atoms with Crippen LogP contribution in [0.25, 0.3) is 11.1 Å². The Balaban J connectivity index is 0.00000225. The van der Waals surface area contributed by atoms with Crippen molar-refractivity contribution in [3.05, 3.63) is 53.3 Å². The van der Waals surface area contributed by atoms with Crippen LogP contribution in [-0.4, -0.2) is 43.5 Å². The van der Waals surface area contributed by atoms with Crippen molar-refractivity contribution in [1.82, 2.24) is 10.2 Å². The molecule has 1 saturated carbocycles. The molecule has 1 amide bonds. The summed E-state index contributed by atoms with van der Waals surface area (Å²) in [6, 6.07) is 12.2. The van der Waals surface area contributed by atoms with Crippen LogP contribution in [-0.2, 0) is 4.79 Å². The topological polar surface area (TPSA) is 44.4 Å². The van der Waals surface area contributed by atoms with E-state index in [4.69, 9.17) is 11.6 Å². The first-order valence-corrected chi connectivity index (χ1v) is 9.52. The van der Waals surface area contributed by atoms with E-state index in [1.54, 1.807) is 36.4 Å². The summed E-state index contributed by atoms with van der Waals surface area (Å²) in [5, 5.41) is 6.62. The molecular weight excluding hydrogens is 400 g/mol. The zero-order chi connectivity index (χ0) is 19.2. The van der Waals surface area contributed by atoms with E-state index in [0.29, 0.717) is 22.2 Å². The number of nitrogens with zero attached hydrogens (tertiary/aromatic N) is 1. The van der Waals surface area contributed by atoms with Gasteiger partial charge in [0.25, 0.3) is 0 Å². The number of benzene rings is 2. The lowest BCUT2D eigenvalue weighted by molar-refractivity contribution is -0.118. The number of nitrogens with one attached hydrogen (secondary N) is 2. The third-order valence-electron chi connectivity index (χ3n) is 5.57. The Labute approximate surface area is 175 Å². The molecule has 1 aliphatic carbocycles. The van der Waals surface area contributed by atoms with E-state index in [1.165, 1.54) is 0 Å². The second-order valence-electron chi connectivity index (χ2n) is 7.92. The second kappa shape index (κ2) is 7.99. The molecule has 1 aliphatic heterocycles. The van der Waals surface area contributed by atoms with Gasteiger partial charge < -0.3 is 15.5 Å². The molecule has 3 atom stereocenters. The predicted octanol–water partition coefficient (Wildman–Crippen LogP) is 4.19. The minimum Gasteiger partial charge on any atom is -0.322 e. The lowest BCUT2D eigenvalue weighted by atomic mass is 9.98. The maximum absolute atomic E-state index is 15.0. The average Bonchev–Trinajstić information content (AvgIpc) is 3.15. The molecule has 0 aromatic heterocycles. The van der Waals surface area contributed by atoms with Crippen molar-refractivity contribution in [3.8, 4) is 11.1 Å². The van der Waals surface area contributed by atoms with E-state index >= 15 is 4.39 Å². The van der Waals surface area contributed by atoms with Gasteiger partial charge in [-0.2, -0.15) is 0 Å². The number of hydrogen-bond acceptors (Lipinski definition) is 3. The molecule has 2 aromatic carbocycles. The predicted molar refractivity (Wildman–Crippen MR) is 114 cm³/mol. The number of anilines is 1. The van der Waals surface area contributed by atoms with Crippen LogP contribution in [0.4, 0.5) is 10.1 Å². The molecule has 4 rings (SSSR count). The fourth-order valence-corrected chi connectivity index (χ4v) is 4.53. The molecule has 4 nitrogen and oxygen atoms in total. The number of amides is 1. The highest BCUT2D eigenvalue weighted by Crippen LogP contribution is 2.54. The minimum absolute atomic E-state index is 0. The van der Waals surface area contributed by atoms with E-state index in [-0.39, 0.29) is 35.5 Å². The molecule has 28 heavy (non-hydrogen) atoms. The third kappa shape index (κ3) is 3.90. The van der Waals surface area contributed by atoms with Gasteiger partial charge in [-0.1, -0.05) is 41.9 Å². The fraction of sp³-hybridized carbons (Fsp3) is 0.381. The Morgan fingerprint density at radius 1 is 1.21 bits per heavy atom.